The number of aliphatic hydroxyl groups is 3. The molecule has 0 spiro atoms. The largest absolute Gasteiger partial charge is 0.463 e. The van der Waals surface area contributed by atoms with Crippen molar-refractivity contribution in [1.29, 1.82) is 0 Å². The fourth-order valence-corrected chi connectivity index (χ4v) is 3.59. The predicted octanol–water partition coefficient (Wildman–Crippen LogP) is -1.32. The third-order valence-corrected chi connectivity index (χ3v) is 4.91. The number of benzene rings is 1. The van der Waals surface area contributed by atoms with Gasteiger partial charge in [0.15, 0.2) is 0 Å². The summed E-state index contributed by atoms with van der Waals surface area (Å²) in [4.78, 5) is 11.5. The molecule has 154 valence electrons. The number of hydrogen-bond donors (Lipinski definition) is 5. The average molecular weight is 417 g/mol. The quantitative estimate of drug-likeness (QED) is 0.290. The van der Waals surface area contributed by atoms with Crippen LogP contribution < -0.4 is 15.1 Å². The molecule has 0 amide bonds. The summed E-state index contributed by atoms with van der Waals surface area (Å²) >= 11 is 0. The lowest BCUT2D eigenvalue weighted by atomic mass is 9.98. The third kappa shape index (κ3) is 4.33. The van der Waals surface area contributed by atoms with E-state index < -0.39 is 53.2 Å². The molecule has 1 aromatic carbocycles. The van der Waals surface area contributed by atoms with Crippen LogP contribution in [0.15, 0.2) is 33.5 Å². The number of rotatable bonds is 5. The highest BCUT2D eigenvalue weighted by molar-refractivity contribution is 7.83. The van der Waals surface area contributed by atoms with Crippen LogP contribution in [0.1, 0.15) is 5.56 Å². The van der Waals surface area contributed by atoms with E-state index in [9.17, 15) is 28.5 Å². The summed E-state index contributed by atoms with van der Waals surface area (Å²) in [7, 11) is -4.78. The second kappa shape index (κ2) is 7.75. The lowest BCUT2D eigenvalue weighted by Gasteiger charge is -2.41. The molecule has 1 aliphatic heterocycles. The van der Waals surface area contributed by atoms with Gasteiger partial charge in [-0.1, -0.05) is 0 Å². The van der Waals surface area contributed by atoms with Gasteiger partial charge in [-0.2, -0.15) is 13.1 Å². The minimum atomic E-state index is -4.78. The fourth-order valence-electron chi connectivity index (χ4n) is 2.99. The molecule has 0 saturated carbocycles. The molecule has 0 bridgehead atoms. The summed E-state index contributed by atoms with van der Waals surface area (Å²) in [6.07, 6.45) is -6.17. The fraction of sp³-hybridized carbons (Fsp3) is 0.438. The molecule has 0 radical (unpaired) electrons. The van der Waals surface area contributed by atoms with Crippen LogP contribution in [0.3, 0.4) is 0 Å². The van der Waals surface area contributed by atoms with Crippen LogP contribution in [-0.4, -0.2) is 65.5 Å². The van der Waals surface area contributed by atoms with E-state index in [0.29, 0.717) is 10.9 Å². The SMILES string of the molecule is Cc1cc(=O)oc2cc(OC3OC(CO)C(O)C(O)C3NS(=O)(=O)O)ccc12. The zero-order valence-corrected chi connectivity index (χ0v) is 15.4. The van der Waals surface area contributed by atoms with Crippen molar-refractivity contribution < 1.29 is 42.2 Å². The van der Waals surface area contributed by atoms with Crippen LogP contribution in [0.5, 0.6) is 5.75 Å². The standard InChI is InChI=1S/C16H19NO10S/c1-7-4-12(19)26-10-5-8(2-3-9(7)10)25-16-13(17-28(22,23)24)15(21)14(20)11(6-18)27-16/h2-5,11,13-18,20-21H,6H2,1H3,(H,22,23,24). The van der Waals surface area contributed by atoms with E-state index in [0.717, 1.165) is 0 Å². The molecule has 2 aromatic rings. The Kier molecular flexibility index (Phi) is 5.72. The molecule has 1 aromatic heterocycles. The Morgan fingerprint density at radius 1 is 1.21 bits per heavy atom. The van der Waals surface area contributed by atoms with Crippen LogP contribution in [0.2, 0.25) is 0 Å². The van der Waals surface area contributed by atoms with Crippen molar-refractivity contribution in [3.05, 3.63) is 40.2 Å². The molecule has 5 unspecified atom stereocenters. The van der Waals surface area contributed by atoms with E-state index in [1.54, 1.807) is 17.7 Å². The first-order chi connectivity index (χ1) is 13.1. The van der Waals surface area contributed by atoms with Gasteiger partial charge in [0.2, 0.25) is 6.29 Å². The van der Waals surface area contributed by atoms with Crippen molar-refractivity contribution in [2.75, 3.05) is 6.61 Å². The third-order valence-electron chi connectivity index (χ3n) is 4.34. The molecule has 28 heavy (non-hydrogen) atoms. The molecule has 1 aliphatic rings. The number of hydrogen-bond acceptors (Lipinski definition) is 9. The maximum Gasteiger partial charge on any atom is 0.336 e. The van der Waals surface area contributed by atoms with Crippen LogP contribution in [-0.2, 0) is 15.0 Å². The number of nitrogens with one attached hydrogen (secondary N) is 1. The van der Waals surface area contributed by atoms with Gasteiger partial charge in [-0.05, 0) is 24.6 Å². The minimum absolute atomic E-state index is 0.0914. The second-order valence-corrected chi connectivity index (χ2v) is 7.54. The smallest absolute Gasteiger partial charge is 0.336 e. The summed E-state index contributed by atoms with van der Waals surface area (Å²) in [5.41, 5.74) is 0.314. The van der Waals surface area contributed by atoms with Crippen molar-refractivity contribution in [2.24, 2.45) is 0 Å². The van der Waals surface area contributed by atoms with Crippen molar-refractivity contribution in [3.63, 3.8) is 0 Å². The highest BCUT2D eigenvalue weighted by atomic mass is 32.2. The Labute approximate surface area is 159 Å². The first kappa shape index (κ1) is 20.7. The molecular weight excluding hydrogens is 398 g/mol. The zero-order chi connectivity index (χ0) is 20.6. The first-order valence-corrected chi connectivity index (χ1v) is 9.61. The van der Waals surface area contributed by atoms with Crippen LogP contribution in [0.4, 0.5) is 0 Å². The lowest BCUT2D eigenvalue weighted by Crippen LogP contribution is -2.65. The van der Waals surface area contributed by atoms with E-state index >= 15 is 0 Å². The summed E-state index contributed by atoms with van der Waals surface area (Å²) in [5, 5.41) is 30.1. The lowest BCUT2D eigenvalue weighted by molar-refractivity contribution is -0.242. The zero-order valence-electron chi connectivity index (χ0n) is 14.5. The predicted molar refractivity (Wildman–Crippen MR) is 94.1 cm³/mol. The van der Waals surface area contributed by atoms with Gasteiger partial charge in [0.1, 0.15) is 35.7 Å². The highest BCUT2D eigenvalue weighted by Gasteiger charge is 2.47. The molecule has 11 nitrogen and oxygen atoms in total. The van der Waals surface area contributed by atoms with Crippen molar-refractivity contribution in [1.82, 2.24) is 4.72 Å². The van der Waals surface area contributed by atoms with Gasteiger partial charge in [0, 0.05) is 17.5 Å². The van der Waals surface area contributed by atoms with Gasteiger partial charge < -0.3 is 29.2 Å². The van der Waals surface area contributed by atoms with Crippen LogP contribution in [0, 0.1) is 6.92 Å². The maximum absolute atomic E-state index is 11.5. The van der Waals surface area contributed by atoms with E-state index in [-0.39, 0.29) is 11.3 Å². The second-order valence-electron chi connectivity index (χ2n) is 6.35. The van der Waals surface area contributed by atoms with Gasteiger partial charge in [-0.25, -0.2) is 4.79 Å². The summed E-state index contributed by atoms with van der Waals surface area (Å²) < 4.78 is 49.1. The molecule has 3 rings (SSSR count). The Morgan fingerprint density at radius 3 is 2.57 bits per heavy atom. The summed E-state index contributed by atoms with van der Waals surface area (Å²) in [5.74, 6) is 0.0914. The molecule has 5 N–H and O–H groups in total. The molecule has 1 saturated heterocycles. The first-order valence-electron chi connectivity index (χ1n) is 8.17. The average Bonchev–Trinajstić information content (AvgIpc) is 2.59. The summed E-state index contributed by atoms with van der Waals surface area (Å²) in [6.45, 7) is 1.04. The minimum Gasteiger partial charge on any atom is -0.463 e. The van der Waals surface area contributed by atoms with Crippen LogP contribution in [0.25, 0.3) is 11.0 Å². The van der Waals surface area contributed by atoms with Gasteiger partial charge in [-0.15, -0.1) is 0 Å². The van der Waals surface area contributed by atoms with E-state index in [1.165, 1.54) is 18.2 Å². The molecular formula is C16H19NO10S. The number of ether oxygens (including phenoxy) is 2. The topological polar surface area (TPSA) is 176 Å². The van der Waals surface area contributed by atoms with Gasteiger partial charge in [-0.3, -0.25) is 4.55 Å². The van der Waals surface area contributed by atoms with Gasteiger partial charge in [0.25, 0.3) is 0 Å². The van der Waals surface area contributed by atoms with E-state index in [4.69, 9.17) is 18.4 Å². The molecule has 0 aliphatic carbocycles. The number of fused-ring (bicyclic) bond motifs is 1. The molecule has 2 heterocycles. The molecule has 12 heteroatoms. The number of aryl methyl sites for hydroxylation is 1. The monoisotopic (exact) mass is 417 g/mol. The maximum atomic E-state index is 11.5. The van der Waals surface area contributed by atoms with Crippen molar-refractivity contribution in [2.45, 2.75) is 37.6 Å². The Balaban J connectivity index is 1.94. The van der Waals surface area contributed by atoms with E-state index in [1.807, 2.05) is 0 Å². The van der Waals surface area contributed by atoms with Crippen molar-refractivity contribution >= 4 is 21.3 Å². The Bertz CT molecular complexity index is 1020. The number of aliphatic hydroxyl groups excluding tert-OH is 3. The molecule has 5 atom stereocenters. The van der Waals surface area contributed by atoms with Gasteiger partial charge in [0.05, 0.1) is 6.61 Å². The molecule has 1 fully saturated rings. The normalized spacial score (nSPS) is 28.4. The Hall–Kier alpha value is -2.06. The van der Waals surface area contributed by atoms with Gasteiger partial charge >= 0.3 is 15.9 Å². The van der Waals surface area contributed by atoms with Crippen LogP contribution >= 0.6 is 0 Å². The van der Waals surface area contributed by atoms with E-state index in [2.05, 4.69) is 0 Å². The van der Waals surface area contributed by atoms with Crippen molar-refractivity contribution in [3.8, 4) is 5.75 Å². The Morgan fingerprint density at radius 2 is 1.93 bits per heavy atom. The summed E-state index contributed by atoms with van der Waals surface area (Å²) in [6, 6.07) is 4.19. The highest BCUT2D eigenvalue weighted by Crippen LogP contribution is 2.27.